The quantitative estimate of drug-likeness (QED) is 0.160. The van der Waals surface area contributed by atoms with E-state index in [0.29, 0.717) is 40.0 Å². The number of nitrogens with zero attached hydrogens (tertiary/aromatic N) is 4. The summed E-state index contributed by atoms with van der Waals surface area (Å²) in [4.78, 5) is 41.0. The number of carbonyl (C=O) groups is 1. The van der Waals surface area contributed by atoms with Crippen molar-refractivity contribution in [1.29, 1.82) is 0 Å². The van der Waals surface area contributed by atoms with Gasteiger partial charge in [-0.15, -0.1) is 0 Å². The third kappa shape index (κ3) is 6.77. The molecule has 10 nitrogen and oxygen atoms in total. The summed E-state index contributed by atoms with van der Waals surface area (Å²) in [5, 5.41) is 3.45. The van der Waals surface area contributed by atoms with E-state index in [9.17, 15) is 23.5 Å². The zero-order valence-corrected chi connectivity index (χ0v) is 21.8. The Morgan fingerprint density at radius 2 is 1.97 bits per heavy atom. The molecule has 1 unspecified atom stereocenters. The minimum atomic E-state index is -4.78. The van der Waals surface area contributed by atoms with E-state index in [1.807, 2.05) is 37.2 Å². The smallest absolute Gasteiger partial charge is 0.323 e. The summed E-state index contributed by atoms with van der Waals surface area (Å²) in [7, 11) is -0.964. The number of halogens is 1. The molecular formula is C26H27FN5O5P. The second-order valence-electron chi connectivity index (χ2n) is 8.84. The van der Waals surface area contributed by atoms with Gasteiger partial charge in [0.15, 0.2) is 0 Å². The zero-order valence-electron chi connectivity index (χ0n) is 20.9. The third-order valence-electron chi connectivity index (χ3n) is 5.59. The van der Waals surface area contributed by atoms with Crippen LogP contribution >= 0.6 is 7.82 Å². The lowest BCUT2D eigenvalue weighted by Crippen LogP contribution is -2.12. The minimum Gasteiger partial charge on any atom is -0.323 e. The maximum Gasteiger partial charge on any atom is 0.471 e. The van der Waals surface area contributed by atoms with Crippen LogP contribution in [0.4, 0.5) is 10.1 Å². The van der Waals surface area contributed by atoms with Gasteiger partial charge >= 0.3 is 7.82 Å². The molecule has 38 heavy (non-hydrogen) atoms. The largest absolute Gasteiger partial charge is 0.471 e. The van der Waals surface area contributed by atoms with Crippen molar-refractivity contribution in [3.8, 4) is 22.3 Å². The summed E-state index contributed by atoms with van der Waals surface area (Å²) in [5.74, 6) is -0.925. The average Bonchev–Trinajstić information content (AvgIpc) is 3.22. The SMILES string of the molecule is CC(OP(=O)(O)O)n1cc(-c2ccnc(F)c2)c2cc(-c3cccc(NC(=O)/C=C/CN(C)C)c3)cnc21. The Balaban J connectivity index is 1.74. The monoisotopic (exact) mass is 539 g/mol. The standard InChI is InChI=1S/C26H27FN5O5P/c1-17(37-38(34,35)36)32-16-23(19-9-10-28-24(27)14-19)22-13-20(15-29-26(22)32)18-6-4-7-21(12-18)30-25(33)8-5-11-31(2)3/h4-10,12-17H,11H2,1-3H3,(H,30,33)(H2,34,35,36)/b8-5+. The molecule has 1 aromatic carbocycles. The predicted octanol–water partition coefficient (Wildman–Crippen LogP) is 4.59. The summed E-state index contributed by atoms with van der Waals surface area (Å²) in [5.41, 5.74) is 3.56. The van der Waals surface area contributed by atoms with Gasteiger partial charge in [-0.3, -0.25) is 9.32 Å². The fraction of sp³-hybridized carbons (Fsp3) is 0.192. The van der Waals surface area contributed by atoms with E-state index in [4.69, 9.17) is 4.52 Å². The molecule has 0 bridgehead atoms. The topological polar surface area (TPSA) is 130 Å². The van der Waals surface area contributed by atoms with Gasteiger partial charge in [0.25, 0.3) is 0 Å². The molecule has 0 saturated carbocycles. The predicted molar refractivity (Wildman–Crippen MR) is 143 cm³/mol. The number of aromatic nitrogens is 3. The minimum absolute atomic E-state index is 0.254. The zero-order chi connectivity index (χ0) is 27.4. The van der Waals surface area contributed by atoms with Crippen molar-refractivity contribution in [2.24, 2.45) is 0 Å². The van der Waals surface area contributed by atoms with Crippen LogP contribution in [-0.4, -0.2) is 55.8 Å². The number of fused-ring (bicyclic) bond motifs is 1. The number of benzene rings is 1. The highest BCUT2D eigenvalue weighted by molar-refractivity contribution is 7.46. The molecule has 0 saturated heterocycles. The van der Waals surface area contributed by atoms with Crippen molar-refractivity contribution in [2.45, 2.75) is 13.2 Å². The number of hydrogen-bond acceptors (Lipinski definition) is 6. The molecule has 4 aromatic rings. The van der Waals surface area contributed by atoms with Gasteiger partial charge in [0.2, 0.25) is 11.9 Å². The van der Waals surface area contributed by atoms with Crippen LogP contribution in [0.1, 0.15) is 13.2 Å². The van der Waals surface area contributed by atoms with Crippen molar-refractivity contribution in [1.82, 2.24) is 19.4 Å². The van der Waals surface area contributed by atoms with E-state index in [2.05, 4.69) is 15.3 Å². The first kappa shape index (κ1) is 27.3. The molecule has 0 radical (unpaired) electrons. The molecule has 198 valence electrons. The number of likely N-dealkylation sites (N-methyl/N-ethyl adjacent to an activating group) is 1. The first-order valence-corrected chi connectivity index (χ1v) is 13.1. The van der Waals surface area contributed by atoms with Crippen LogP contribution in [0.15, 0.2) is 73.2 Å². The molecule has 0 spiro atoms. The fourth-order valence-electron chi connectivity index (χ4n) is 3.95. The van der Waals surface area contributed by atoms with Crippen LogP contribution in [0, 0.1) is 5.95 Å². The summed E-state index contributed by atoms with van der Waals surface area (Å²) < 4.78 is 31.7. The number of nitrogens with one attached hydrogen (secondary N) is 1. The molecule has 3 heterocycles. The van der Waals surface area contributed by atoms with E-state index in [-0.39, 0.29) is 5.91 Å². The second-order valence-corrected chi connectivity index (χ2v) is 10.0. The summed E-state index contributed by atoms with van der Waals surface area (Å²) in [6.07, 6.45) is 6.73. The molecule has 0 aliphatic heterocycles. The Kier molecular flexibility index (Phi) is 8.15. The molecule has 3 aromatic heterocycles. The van der Waals surface area contributed by atoms with Crippen molar-refractivity contribution in [3.63, 3.8) is 0 Å². The Bertz CT molecular complexity index is 1550. The van der Waals surface area contributed by atoms with Gasteiger partial charge in [-0.2, -0.15) is 4.39 Å². The van der Waals surface area contributed by atoms with Gasteiger partial charge in [-0.1, -0.05) is 18.2 Å². The Labute approximate surface area is 218 Å². The van der Waals surface area contributed by atoms with Crippen molar-refractivity contribution < 1.29 is 28.1 Å². The lowest BCUT2D eigenvalue weighted by atomic mass is 10.0. The molecule has 0 fully saturated rings. The third-order valence-corrected chi connectivity index (χ3v) is 6.17. The average molecular weight is 540 g/mol. The number of pyridine rings is 2. The first-order chi connectivity index (χ1) is 18.0. The highest BCUT2D eigenvalue weighted by atomic mass is 31.2. The number of carbonyl (C=O) groups excluding carboxylic acids is 1. The Morgan fingerprint density at radius 3 is 2.68 bits per heavy atom. The Hall–Kier alpha value is -3.73. The van der Waals surface area contributed by atoms with Gasteiger partial charge in [-0.05, 0) is 56.4 Å². The van der Waals surface area contributed by atoms with E-state index in [0.717, 1.165) is 5.56 Å². The molecule has 12 heteroatoms. The molecule has 4 rings (SSSR count). The highest BCUT2D eigenvalue weighted by Crippen LogP contribution is 2.42. The molecular weight excluding hydrogens is 512 g/mol. The van der Waals surface area contributed by atoms with E-state index in [1.54, 1.807) is 36.7 Å². The van der Waals surface area contributed by atoms with Gasteiger partial charge < -0.3 is 24.6 Å². The number of anilines is 1. The van der Waals surface area contributed by atoms with Crippen molar-refractivity contribution in [2.75, 3.05) is 26.0 Å². The van der Waals surface area contributed by atoms with Gasteiger partial charge in [0.05, 0.1) is 0 Å². The molecule has 1 atom stereocenters. The second kappa shape index (κ2) is 11.3. The first-order valence-electron chi connectivity index (χ1n) is 11.6. The number of hydrogen-bond donors (Lipinski definition) is 3. The number of amides is 1. The fourth-order valence-corrected chi connectivity index (χ4v) is 4.45. The summed E-state index contributed by atoms with van der Waals surface area (Å²) >= 11 is 0. The number of rotatable bonds is 9. The lowest BCUT2D eigenvalue weighted by Gasteiger charge is -2.16. The summed E-state index contributed by atoms with van der Waals surface area (Å²) in [6.45, 7) is 2.12. The molecule has 0 aliphatic carbocycles. The van der Waals surface area contributed by atoms with Crippen LogP contribution < -0.4 is 5.32 Å². The Morgan fingerprint density at radius 1 is 1.18 bits per heavy atom. The maximum absolute atomic E-state index is 13.9. The van der Waals surface area contributed by atoms with Crippen LogP contribution in [0.2, 0.25) is 0 Å². The lowest BCUT2D eigenvalue weighted by molar-refractivity contribution is -0.111. The van der Waals surface area contributed by atoms with Crippen LogP contribution in [-0.2, 0) is 13.9 Å². The van der Waals surface area contributed by atoms with Gasteiger partial charge in [0.1, 0.15) is 11.9 Å². The molecule has 1 amide bonds. The van der Waals surface area contributed by atoms with Crippen molar-refractivity contribution in [3.05, 3.63) is 79.2 Å². The van der Waals surface area contributed by atoms with E-state index in [1.165, 1.54) is 29.8 Å². The van der Waals surface area contributed by atoms with Crippen LogP contribution in [0.3, 0.4) is 0 Å². The molecule has 0 aliphatic rings. The molecule has 3 N–H and O–H groups in total. The van der Waals surface area contributed by atoms with Crippen LogP contribution in [0.5, 0.6) is 0 Å². The van der Waals surface area contributed by atoms with E-state index < -0.39 is 20.0 Å². The summed E-state index contributed by atoms with van der Waals surface area (Å²) in [6, 6.07) is 12.0. The van der Waals surface area contributed by atoms with E-state index >= 15 is 0 Å². The van der Waals surface area contributed by atoms with Crippen molar-refractivity contribution >= 4 is 30.5 Å². The number of phosphoric ester groups is 1. The maximum atomic E-state index is 13.9. The van der Waals surface area contributed by atoms with Gasteiger partial charge in [0, 0.05) is 59.5 Å². The van der Waals surface area contributed by atoms with Gasteiger partial charge in [-0.25, -0.2) is 14.5 Å². The number of phosphoric acid groups is 1. The van der Waals surface area contributed by atoms with Crippen LogP contribution in [0.25, 0.3) is 33.3 Å². The highest BCUT2D eigenvalue weighted by Gasteiger charge is 2.23. The normalized spacial score (nSPS) is 12.9.